The predicted octanol–water partition coefficient (Wildman–Crippen LogP) is 8.20. The van der Waals surface area contributed by atoms with Crippen LogP contribution >= 0.6 is 11.6 Å². The van der Waals surface area contributed by atoms with Gasteiger partial charge in [-0.05, 0) is 60.6 Å². The molecular weight excluding hydrogens is 379 g/mol. The van der Waals surface area contributed by atoms with Crippen LogP contribution in [0.1, 0.15) is 81.4 Å². The van der Waals surface area contributed by atoms with Gasteiger partial charge in [0.2, 0.25) is 0 Å². The van der Waals surface area contributed by atoms with E-state index in [0.717, 1.165) is 23.8 Å². The van der Waals surface area contributed by atoms with Gasteiger partial charge in [-0.1, -0.05) is 93.9 Å². The van der Waals surface area contributed by atoms with E-state index in [9.17, 15) is 4.39 Å². The van der Waals surface area contributed by atoms with Gasteiger partial charge in [-0.25, -0.2) is 4.39 Å². The van der Waals surface area contributed by atoms with E-state index in [1.807, 2.05) is 0 Å². The Morgan fingerprint density at radius 2 is 1.48 bits per heavy atom. The fourth-order valence-corrected chi connectivity index (χ4v) is 4.45. The molecule has 154 valence electrons. The second-order valence-electron chi connectivity index (χ2n) is 8.50. The van der Waals surface area contributed by atoms with Gasteiger partial charge in [-0.15, -0.1) is 0 Å². The van der Waals surface area contributed by atoms with Crippen LogP contribution in [0.3, 0.4) is 0 Å². The molecule has 2 aromatic rings. The Bertz CT molecular complexity index is 820. The fraction of sp³-hybridized carbons (Fsp3) is 0.481. The van der Waals surface area contributed by atoms with Gasteiger partial charge < -0.3 is 0 Å². The molecule has 1 saturated carbocycles. The lowest BCUT2D eigenvalue weighted by Crippen LogP contribution is -2.15. The van der Waals surface area contributed by atoms with E-state index in [0.29, 0.717) is 5.56 Å². The molecule has 0 heterocycles. The van der Waals surface area contributed by atoms with Crippen LogP contribution < -0.4 is 0 Å². The van der Waals surface area contributed by atoms with Gasteiger partial charge >= 0.3 is 0 Å². The van der Waals surface area contributed by atoms with Gasteiger partial charge in [0.25, 0.3) is 0 Å². The largest absolute Gasteiger partial charge is 0.205 e. The molecule has 2 aromatic carbocycles. The molecule has 0 spiro atoms. The van der Waals surface area contributed by atoms with Crippen molar-refractivity contribution in [3.8, 4) is 11.8 Å². The fourth-order valence-electron chi connectivity index (χ4n) is 4.34. The molecule has 2 heteroatoms. The Morgan fingerprint density at radius 3 is 2.14 bits per heavy atom. The molecule has 0 atom stereocenters. The zero-order valence-corrected chi connectivity index (χ0v) is 18.3. The second kappa shape index (κ2) is 11.4. The Morgan fingerprint density at radius 1 is 0.862 bits per heavy atom. The zero-order chi connectivity index (χ0) is 20.5. The van der Waals surface area contributed by atoms with E-state index in [-0.39, 0.29) is 5.02 Å². The Balaban J connectivity index is 1.43. The van der Waals surface area contributed by atoms with Crippen molar-refractivity contribution in [1.82, 2.24) is 0 Å². The third-order valence-electron chi connectivity index (χ3n) is 6.25. The first-order valence-corrected chi connectivity index (χ1v) is 11.6. The van der Waals surface area contributed by atoms with Crippen molar-refractivity contribution in [3.05, 3.63) is 70.0 Å². The summed E-state index contributed by atoms with van der Waals surface area (Å²) in [4.78, 5) is 0. The minimum atomic E-state index is -0.427. The maximum absolute atomic E-state index is 13.5. The molecule has 0 bridgehead atoms. The minimum absolute atomic E-state index is 0.130. The van der Waals surface area contributed by atoms with Crippen molar-refractivity contribution in [2.75, 3.05) is 0 Å². The van der Waals surface area contributed by atoms with Crippen LogP contribution in [0.25, 0.3) is 0 Å². The van der Waals surface area contributed by atoms with Gasteiger partial charge in [0.05, 0.1) is 5.02 Å². The summed E-state index contributed by atoms with van der Waals surface area (Å²) in [5.74, 6) is 7.58. The average Bonchev–Trinajstić information content (AvgIpc) is 2.75. The summed E-state index contributed by atoms with van der Waals surface area (Å²) in [6, 6.07) is 13.2. The van der Waals surface area contributed by atoms with Gasteiger partial charge in [0.15, 0.2) is 0 Å². The standard InChI is InChI=1S/C27H32ClF/c1-2-3-4-5-21-6-8-22(9-7-21)10-11-23-12-14-24(15-13-23)16-17-25-18-19-26(28)27(29)20-25/h12-15,18-22H,2-11H2,1H3. The molecule has 0 nitrogen and oxygen atoms in total. The Hall–Kier alpha value is -1.78. The van der Waals surface area contributed by atoms with Crippen LogP contribution in [0.5, 0.6) is 0 Å². The van der Waals surface area contributed by atoms with Gasteiger partial charge in [0.1, 0.15) is 5.82 Å². The van der Waals surface area contributed by atoms with Crippen molar-refractivity contribution in [2.24, 2.45) is 11.8 Å². The molecule has 0 radical (unpaired) electrons. The third kappa shape index (κ3) is 7.20. The first kappa shape index (κ1) is 21.9. The summed E-state index contributed by atoms with van der Waals surface area (Å²) in [5, 5.41) is 0.130. The minimum Gasteiger partial charge on any atom is -0.205 e. The lowest BCUT2D eigenvalue weighted by Gasteiger charge is -2.28. The van der Waals surface area contributed by atoms with Crippen LogP contribution in [0.4, 0.5) is 4.39 Å². The van der Waals surface area contributed by atoms with E-state index in [1.54, 1.807) is 12.1 Å². The molecule has 0 aromatic heterocycles. The molecule has 0 saturated heterocycles. The summed E-state index contributed by atoms with van der Waals surface area (Å²) in [7, 11) is 0. The molecule has 0 amide bonds. The maximum Gasteiger partial charge on any atom is 0.143 e. The summed E-state index contributed by atoms with van der Waals surface area (Å²) in [6.45, 7) is 2.29. The first-order valence-electron chi connectivity index (χ1n) is 11.2. The Labute approximate surface area is 180 Å². The van der Waals surface area contributed by atoms with Crippen LogP contribution in [-0.4, -0.2) is 0 Å². The van der Waals surface area contributed by atoms with Crippen molar-refractivity contribution in [3.63, 3.8) is 0 Å². The smallest absolute Gasteiger partial charge is 0.143 e. The Kier molecular flexibility index (Phi) is 8.63. The summed E-state index contributed by atoms with van der Waals surface area (Å²) < 4.78 is 13.5. The van der Waals surface area contributed by atoms with Crippen LogP contribution in [0.2, 0.25) is 5.02 Å². The van der Waals surface area contributed by atoms with Crippen molar-refractivity contribution in [1.29, 1.82) is 0 Å². The van der Waals surface area contributed by atoms with E-state index in [2.05, 4.69) is 43.0 Å². The zero-order valence-electron chi connectivity index (χ0n) is 17.5. The second-order valence-corrected chi connectivity index (χ2v) is 8.90. The summed E-state index contributed by atoms with van der Waals surface area (Å²) in [6.07, 6.45) is 13.8. The average molecular weight is 411 g/mol. The van der Waals surface area contributed by atoms with Gasteiger partial charge in [-0.2, -0.15) is 0 Å². The van der Waals surface area contributed by atoms with E-state index in [4.69, 9.17) is 11.6 Å². The van der Waals surface area contributed by atoms with Crippen molar-refractivity contribution >= 4 is 11.6 Å². The molecule has 1 aliphatic carbocycles. The van der Waals surface area contributed by atoms with E-state index < -0.39 is 5.82 Å². The predicted molar refractivity (Wildman–Crippen MR) is 122 cm³/mol. The molecular formula is C27H32ClF. The quantitative estimate of drug-likeness (QED) is 0.318. The summed E-state index contributed by atoms with van der Waals surface area (Å²) in [5.41, 5.74) is 2.98. The highest BCUT2D eigenvalue weighted by Gasteiger charge is 2.20. The number of unbranched alkanes of at least 4 members (excludes halogenated alkanes) is 2. The third-order valence-corrected chi connectivity index (χ3v) is 6.55. The SMILES string of the molecule is CCCCCC1CCC(CCc2ccc(C#Cc3ccc(Cl)c(F)c3)cc2)CC1. The molecule has 29 heavy (non-hydrogen) atoms. The van der Waals surface area contributed by atoms with Crippen LogP contribution in [0, 0.1) is 29.5 Å². The number of aryl methyl sites for hydroxylation is 1. The molecule has 1 fully saturated rings. The lowest BCUT2D eigenvalue weighted by atomic mass is 9.78. The number of halogens is 2. The highest BCUT2D eigenvalue weighted by Crippen LogP contribution is 2.34. The number of rotatable bonds is 7. The van der Waals surface area contributed by atoms with E-state index in [1.165, 1.54) is 69.4 Å². The highest BCUT2D eigenvalue weighted by molar-refractivity contribution is 6.30. The number of benzene rings is 2. The molecule has 0 aliphatic heterocycles. The monoisotopic (exact) mass is 410 g/mol. The van der Waals surface area contributed by atoms with Crippen LogP contribution in [-0.2, 0) is 6.42 Å². The molecule has 3 rings (SSSR count). The molecule has 0 N–H and O–H groups in total. The number of hydrogen-bond donors (Lipinski definition) is 0. The lowest BCUT2D eigenvalue weighted by molar-refractivity contribution is 0.249. The maximum atomic E-state index is 13.5. The topological polar surface area (TPSA) is 0 Å². The first-order chi connectivity index (χ1) is 14.1. The van der Waals surface area contributed by atoms with Gasteiger partial charge in [0, 0.05) is 11.1 Å². The number of hydrogen-bond acceptors (Lipinski definition) is 0. The van der Waals surface area contributed by atoms with Crippen LogP contribution in [0.15, 0.2) is 42.5 Å². The van der Waals surface area contributed by atoms with E-state index >= 15 is 0 Å². The van der Waals surface area contributed by atoms with Crippen molar-refractivity contribution in [2.45, 2.75) is 71.1 Å². The highest BCUT2D eigenvalue weighted by atomic mass is 35.5. The molecule has 1 aliphatic rings. The normalized spacial score (nSPS) is 18.9. The molecule has 0 unspecified atom stereocenters. The van der Waals surface area contributed by atoms with Gasteiger partial charge in [-0.3, -0.25) is 0 Å². The van der Waals surface area contributed by atoms with Crippen molar-refractivity contribution < 1.29 is 4.39 Å². The summed E-state index contributed by atoms with van der Waals surface area (Å²) >= 11 is 5.71.